The molecule has 6 nitrogen and oxygen atoms in total. The normalized spacial score (nSPS) is 12.8. The lowest BCUT2D eigenvalue weighted by atomic mass is 10.0. The van der Waals surface area contributed by atoms with Crippen molar-refractivity contribution in [2.75, 3.05) is 11.9 Å². The quantitative estimate of drug-likeness (QED) is 0.307. The van der Waals surface area contributed by atoms with Crippen LogP contribution in [-0.2, 0) is 23.8 Å². The molecule has 11 heteroatoms. The Hall–Kier alpha value is -3.81. The second-order valence-corrected chi connectivity index (χ2v) is 9.85. The summed E-state index contributed by atoms with van der Waals surface area (Å²) in [5.41, 5.74) is -0.396. The maximum Gasteiger partial charge on any atom is 0.450 e. The smallest absolute Gasteiger partial charge is 0.450 e. The van der Waals surface area contributed by atoms with Gasteiger partial charge in [-0.15, -0.1) is 11.3 Å². The minimum atomic E-state index is -4.95. The molecule has 1 aliphatic carbocycles. The first-order chi connectivity index (χ1) is 17.7. The Kier molecular flexibility index (Phi) is 6.43. The molecular formula is C26H16ClF3N2O4S. The van der Waals surface area contributed by atoms with E-state index in [1.807, 2.05) is 0 Å². The monoisotopic (exact) mass is 544 g/mol. The van der Waals surface area contributed by atoms with Crippen molar-refractivity contribution in [3.8, 4) is 22.9 Å². The predicted molar refractivity (Wildman–Crippen MR) is 133 cm³/mol. The van der Waals surface area contributed by atoms with Crippen LogP contribution < -0.4 is 15.5 Å². The van der Waals surface area contributed by atoms with Crippen molar-refractivity contribution in [2.45, 2.75) is 25.4 Å². The number of hydrogen-bond acceptors (Lipinski definition) is 6. The summed E-state index contributed by atoms with van der Waals surface area (Å²) in [6.45, 7) is -0.460. The number of halogens is 4. The first kappa shape index (κ1) is 24.9. The Balaban J connectivity index is 1.41. The molecule has 188 valence electrons. The zero-order valence-corrected chi connectivity index (χ0v) is 20.4. The number of anilines is 1. The molecule has 0 fully saturated rings. The standard InChI is InChI=1S/C26H16ClF3N2O4S/c27-14-6-4-13(5-7-14)22-23(34)17-9-8-15(10-19(17)36-24(22)26(28,29)30)35-12-21(33)32-25-18(11-31)16-2-1-3-20(16)37-25/h4-10H,1-3,12H2,(H,32,33). The van der Waals surface area contributed by atoms with Gasteiger partial charge in [0.05, 0.1) is 16.5 Å². The van der Waals surface area contributed by atoms with Crippen LogP contribution in [0.5, 0.6) is 5.75 Å². The van der Waals surface area contributed by atoms with Crippen molar-refractivity contribution < 1.29 is 27.1 Å². The summed E-state index contributed by atoms with van der Waals surface area (Å²) in [5, 5.41) is 12.8. The van der Waals surface area contributed by atoms with Gasteiger partial charge in [-0.25, -0.2) is 0 Å². The number of nitrogens with zero attached hydrogens (tertiary/aromatic N) is 1. The van der Waals surface area contributed by atoms with Crippen LogP contribution in [-0.4, -0.2) is 12.5 Å². The van der Waals surface area contributed by atoms with E-state index in [2.05, 4.69) is 11.4 Å². The second kappa shape index (κ2) is 9.57. The minimum Gasteiger partial charge on any atom is -0.484 e. The molecular weight excluding hydrogens is 529 g/mol. The number of ether oxygens (including phenoxy) is 1. The summed E-state index contributed by atoms with van der Waals surface area (Å²) in [4.78, 5) is 26.6. The molecule has 0 saturated carbocycles. The molecule has 0 bridgehead atoms. The van der Waals surface area contributed by atoms with Crippen LogP contribution in [0.25, 0.3) is 22.1 Å². The number of alkyl halides is 3. The highest BCUT2D eigenvalue weighted by Gasteiger charge is 2.39. The molecule has 5 rings (SSSR count). The average molecular weight is 545 g/mol. The maximum absolute atomic E-state index is 13.8. The topological polar surface area (TPSA) is 92.3 Å². The number of carbonyl (C=O) groups excluding carboxylic acids is 1. The van der Waals surface area contributed by atoms with Gasteiger partial charge in [-0.2, -0.15) is 18.4 Å². The van der Waals surface area contributed by atoms with Crippen molar-refractivity contribution in [3.05, 3.63) is 79.5 Å². The third-order valence-corrected chi connectivity index (χ3v) is 7.37. The van der Waals surface area contributed by atoms with Crippen molar-refractivity contribution in [3.63, 3.8) is 0 Å². The molecule has 4 aromatic rings. The summed E-state index contributed by atoms with van der Waals surface area (Å²) in [6, 6.07) is 11.3. The van der Waals surface area contributed by atoms with E-state index in [0.29, 0.717) is 15.6 Å². The highest BCUT2D eigenvalue weighted by Crippen LogP contribution is 2.39. The largest absolute Gasteiger partial charge is 0.484 e. The fourth-order valence-electron chi connectivity index (χ4n) is 4.26. The highest BCUT2D eigenvalue weighted by molar-refractivity contribution is 7.16. The number of carbonyl (C=O) groups is 1. The molecule has 0 atom stereocenters. The Morgan fingerprint density at radius 3 is 2.65 bits per heavy atom. The van der Waals surface area contributed by atoms with Crippen LogP contribution >= 0.6 is 22.9 Å². The van der Waals surface area contributed by atoms with Crippen molar-refractivity contribution in [1.82, 2.24) is 0 Å². The molecule has 2 aromatic carbocycles. The van der Waals surface area contributed by atoms with Gasteiger partial charge >= 0.3 is 6.18 Å². The van der Waals surface area contributed by atoms with E-state index in [-0.39, 0.29) is 22.3 Å². The van der Waals surface area contributed by atoms with E-state index in [9.17, 15) is 28.0 Å². The van der Waals surface area contributed by atoms with Crippen molar-refractivity contribution >= 4 is 44.8 Å². The molecule has 2 heterocycles. The van der Waals surface area contributed by atoms with Crippen LogP contribution in [0.2, 0.25) is 5.02 Å². The number of benzene rings is 2. The first-order valence-corrected chi connectivity index (χ1v) is 12.3. The number of fused-ring (bicyclic) bond motifs is 2. The van der Waals surface area contributed by atoms with Gasteiger partial charge < -0.3 is 14.5 Å². The zero-order chi connectivity index (χ0) is 26.3. The van der Waals surface area contributed by atoms with Gasteiger partial charge in [0.2, 0.25) is 11.2 Å². The first-order valence-electron chi connectivity index (χ1n) is 11.1. The van der Waals surface area contributed by atoms with E-state index in [0.717, 1.165) is 35.8 Å². The number of nitrogens with one attached hydrogen (secondary N) is 1. The van der Waals surface area contributed by atoms with Gasteiger partial charge in [0.1, 0.15) is 22.4 Å². The van der Waals surface area contributed by atoms with Gasteiger partial charge in [0.25, 0.3) is 5.91 Å². The number of rotatable bonds is 5. The SMILES string of the molecule is N#Cc1c(NC(=O)COc2ccc3c(=O)c(-c4ccc(Cl)cc4)c(C(F)(F)F)oc3c2)sc2c1CCC2. The summed E-state index contributed by atoms with van der Waals surface area (Å²) in [6.07, 6.45) is -2.31. The van der Waals surface area contributed by atoms with Crippen LogP contribution in [0, 0.1) is 11.3 Å². The van der Waals surface area contributed by atoms with Crippen LogP contribution in [0.3, 0.4) is 0 Å². The summed E-state index contributed by atoms with van der Waals surface area (Å²) in [7, 11) is 0. The number of nitriles is 1. The van der Waals surface area contributed by atoms with E-state index in [1.54, 1.807) is 0 Å². The van der Waals surface area contributed by atoms with E-state index >= 15 is 0 Å². The van der Waals surface area contributed by atoms with E-state index < -0.39 is 35.4 Å². The molecule has 0 radical (unpaired) electrons. The van der Waals surface area contributed by atoms with Gasteiger partial charge in [-0.05, 0) is 54.7 Å². The molecule has 0 unspecified atom stereocenters. The number of hydrogen-bond donors (Lipinski definition) is 1. The average Bonchev–Trinajstić information content (AvgIpc) is 3.43. The third kappa shape index (κ3) is 4.80. The Morgan fingerprint density at radius 1 is 1.19 bits per heavy atom. The zero-order valence-electron chi connectivity index (χ0n) is 18.9. The molecule has 1 amide bonds. The lowest BCUT2D eigenvalue weighted by Gasteiger charge is -2.13. The highest BCUT2D eigenvalue weighted by atomic mass is 35.5. The Bertz CT molecular complexity index is 1640. The molecule has 1 N–H and O–H groups in total. The lowest BCUT2D eigenvalue weighted by molar-refractivity contribution is -0.152. The van der Waals surface area contributed by atoms with Crippen LogP contribution in [0.1, 0.15) is 28.2 Å². The molecule has 1 aliphatic rings. The van der Waals surface area contributed by atoms with Crippen molar-refractivity contribution in [1.29, 1.82) is 5.26 Å². The summed E-state index contributed by atoms with van der Waals surface area (Å²) < 4.78 is 52.1. The molecule has 2 aromatic heterocycles. The second-order valence-electron chi connectivity index (χ2n) is 8.31. The van der Waals surface area contributed by atoms with Gasteiger partial charge in [-0.1, -0.05) is 23.7 Å². The summed E-state index contributed by atoms with van der Waals surface area (Å²) >= 11 is 7.19. The molecule has 0 saturated heterocycles. The fraction of sp³-hybridized carbons (Fsp3) is 0.192. The fourth-order valence-corrected chi connectivity index (χ4v) is 5.65. The van der Waals surface area contributed by atoms with E-state index in [1.165, 1.54) is 47.7 Å². The maximum atomic E-state index is 13.8. The Labute approximate surface area is 216 Å². The van der Waals surface area contributed by atoms with Crippen LogP contribution in [0.15, 0.2) is 51.7 Å². The number of aryl methyl sites for hydroxylation is 1. The molecule has 0 spiro atoms. The van der Waals surface area contributed by atoms with Crippen molar-refractivity contribution in [2.24, 2.45) is 0 Å². The van der Waals surface area contributed by atoms with Gasteiger partial charge in [0, 0.05) is 16.0 Å². The Morgan fingerprint density at radius 2 is 1.95 bits per heavy atom. The summed E-state index contributed by atoms with van der Waals surface area (Å²) in [5.74, 6) is -1.95. The van der Waals surface area contributed by atoms with E-state index in [4.69, 9.17) is 20.8 Å². The minimum absolute atomic E-state index is 0.0145. The number of amides is 1. The molecule has 37 heavy (non-hydrogen) atoms. The van der Waals surface area contributed by atoms with Gasteiger partial charge in [0.15, 0.2) is 6.61 Å². The predicted octanol–water partition coefficient (Wildman–Crippen LogP) is 6.57. The molecule has 0 aliphatic heterocycles. The van der Waals surface area contributed by atoms with Gasteiger partial charge in [-0.3, -0.25) is 9.59 Å². The lowest BCUT2D eigenvalue weighted by Crippen LogP contribution is -2.20. The van der Waals surface area contributed by atoms with Crippen LogP contribution in [0.4, 0.5) is 18.2 Å². The number of thiophene rings is 1. The third-order valence-electron chi connectivity index (χ3n) is 5.91.